The van der Waals surface area contributed by atoms with E-state index in [0.717, 1.165) is 40.1 Å². The number of carbonyl (C=O) groups is 2. The van der Waals surface area contributed by atoms with E-state index in [-0.39, 0.29) is 11.8 Å². The van der Waals surface area contributed by atoms with Crippen LogP contribution < -0.4 is 5.32 Å². The summed E-state index contributed by atoms with van der Waals surface area (Å²) in [5, 5.41) is 15.7. The molecule has 1 amide bonds. The van der Waals surface area contributed by atoms with E-state index in [4.69, 9.17) is 23.2 Å². The Labute approximate surface area is 231 Å². The van der Waals surface area contributed by atoms with Gasteiger partial charge in [-0.05, 0) is 59.0 Å². The molecule has 1 atom stereocenters. The highest BCUT2D eigenvalue weighted by molar-refractivity contribution is 7.17. The molecule has 5 rings (SSSR count). The fourth-order valence-corrected chi connectivity index (χ4v) is 6.51. The first-order valence-corrected chi connectivity index (χ1v) is 13.9. The topological polar surface area (TPSA) is 82.5 Å². The molecule has 1 aliphatic rings. The molecule has 0 bridgehead atoms. The Kier molecular flexibility index (Phi) is 7.35. The molecule has 2 aromatic heterocycles. The number of thiophene rings is 1. The van der Waals surface area contributed by atoms with E-state index in [0.29, 0.717) is 26.3 Å². The predicted octanol–water partition coefficient (Wildman–Crippen LogP) is 7.59. The monoisotopic (exact) mass is 569 g/mol. The Morgan fingerprint density at radius 3 is 2.59 bits per heavy atom. The molecule has 2 N–H and O–H groups in total. The van der Waals surface area contributed by atoms with Gasteiger partial charge in [0.15, 0.2) is 0 Å². The molecule has 0 fully saturated rings. The molecule has 0 saturated heterocycles. The highest BCUT2D eigenvalue weighted by Crippen LogP contribution is 2.45. The molecule has 1 unspecified atom stereocenters. The number of aromatic nitrogens is 1. The van der Waals surface area contributed by atoms with Crippen molar-refractivity contribution in [2.24, 2.45) is 0 Å². The first-order valence-electron chi connectivity index (χ1n) is 11.3. The maximum Gasteiger partial charge on any atom is 0.346 e. The molecule has 0 saturated carbocycles. The summed E-state index contributed by atoms with van der Waals surface area (Å²) >= 11 is 15.3. The Morgan fingerprint density at radius 1 is 1.14 bits per heavy atom. The number of rotatable bonds is 6. The SMILES string of the molecule is CN1C=C(c2ccc(Cl)cc2Cl)C(c2cc(-c3ccc(NC(=O)c4cscn4)cc3)sc2C(=O)O)CC1. The van der Waals surface area contributed by atoms with Crippen LogP contribution in [-0.4, -0.2) is 40.5 Å². The highest BCUT2D eigenvalue weighted by Gasteiger charge is 2.30. The minimum absolute atomic E-state index is 0.136. The maximum absolute atomic E-state index is 12.3. The lowest BCUT2D eigenvalue weighted by atomic mass is 9.82. The van der Waals surface area contributed by atoms with E-state index >= 15 is 0 Å². The predicted molar refractivity (Wildman–Crippen MR) is 151 cm³/mol. The normalized spacial score (nSPS) is 15.4. The van der Waals surface area contributed by atoms with Crippen molar-refractivity contribution in [3.8, 4) is 10.4 Å². The van der Waals surface area contributed by atoms with E-state index in [1.807, 2.05) is 37.5 Å². The second kappa shape index (κ2) is 10.7. The molecular weight excluding hydrogens is 549 g/mol. The maximum atomic E-state index is 12.3. The number of halogens is 2. The molecule has 6 nitrogen and oxygen atoms in total. The van der Waals surface area contributed by atoms with Gasteiger partial charge in [-0.3, -0.25) is 4.79 Å². The lowest BCUT2D eigenvalue weighted by Gasteiger charge is -2.31. The molecule has 37 heavy (non-hydrogen) atoms. The zero-order valence-electron chi connectivity index (χ0n) is 19.6. The lowest BCUT2D eigenvalue weighted by molar-refractivity contribution is 0.0700. The molecule has 188 valence electrons. The zero-order valence-corrected chi connectivity index (χ0v) is 22.7. The fraction of sp³-hybridized carbons (Fsp3) is 0.148. The van der Waals surface area contributed by atoms with Gasteiger partial charge in [0.1, 0.15) is 10.6 Å². The third kappa shape index (κ3) is 5.43. The quantitative estimate of drug-likeness (QED) is 0.250. The summed E-state index contributed by atoms with van der Waals surface area (Å²) in [5.74, 6) is -1.37. The van der Waals surface area contributed by atoms with Gasteiger partial charge in [-0.2, -0.15) is 0 Å². The van der Waals surface area contributed by atoms with Crippen LogP contribution in [0.5, 0.6) is 0 Å². The minimum atomic E-state index is -0.959. The van der Waals surface area contributed by atoms with Crippen molar-refractivity contribution in [1.82, 2.24) is 9.88 Å². The number of allylic oxidation sites excluding steroid dienone is 1. The van der Waals surface area contributed by atoms with Gasteiger partial charge in [-0.1, -0.05) is 41.4 Å². The second-order valence-electron chi connectivity index (χ2n) is 8.64. The van der Waals surface area contributed by atoms with Gasteiger partial charge in [-0.15, -0.1) is 22.7 Å². The lowest BCUT2D eigenvalue weighted by Crippen LogP contribution is -2.23. The third-order valence-corrected chi connectivity index (χ3v) is 8.49. The number of aromatic carboxylic acids is 1. The van der Waals surface area contributed by atoms with Gasteiger partial charge in [0, 0.05) is 51.7 Å². The Bertz CT molecular complexity index is 1500. The van der Waals surface area contributed by atoms with Crippen LogP contribution in [0.25, 0.3) is 16.0 Å². The van der Waals surface area contributed by atoms with Crippen molar-refractivity contribution in [3.05, 3.63) is 97.4 Å². The number of amides is 1. The van der Waals surface area contributed by atoms with Crippen molar-refractivity contribution in [2.45, 2.75) is 12.3 Å². The highest BCUT2D eigenvalue weighted by atomic mass is 35.5. The van der Waals surface area contributed by atoms with Crippen LogP contribution in [0.2, 0.25) is 10.0 Å². The Balaban J connectivity index is 1.48. The summed E-state index contributed by atoms with van der Waals surface area (Å²) in [6.07, 6.45) is 2.78. The van der Waals surface area contributed by atoms with Crippen LogP contribution in [-0.2, 0) is 0 Å². The second-order valence-corrected chi connectivity index (χ2v) is 11.3. The molecule has 0 radical (unpaired) electrons. The number of nitrogens with one attached hydrogen (secondary N) is 1. The van der Waals surface area contributed by atoms with Crippen LogP contribution in [0.4, 0.5) is 5.69 Å². The number of carboxylic acids is 1. The van der Waals surface area contributed by atoms with Crippen LogP contribution >= 0.6 is 45.9 Å². The van der Waals surface area contributed by atoms with Crippen molar-refractivity contribution in [1.29, 1.82) is 0 Å². The largest absolute Gasteiger partial charge is 0.477 e. The number of hydrogen-bond acceptors (Lipinski definition) is 6. The summed E-state index contributed by atoms with van der Waals surface area (Å²) in [4.78, 5) is 31.8. The Hall–Kier alpha value is -3.17. The smallest absolute Gasteiger partial charge is 0.346 e. The summed E-state index contributed by atoms with van der Waals surface area (Å²) in [6, 6.07) is 14.7. The van der Waals surface area contributed by atoms with Gasteiger partial charge in [-0.25, -0.2) is 9.78 Å². The van der Waals surface area contributed by atoms with Crippen LogP contribution in [0, 0.1) is 0 Å². The third-order valence-electron chi connectivity index (χ3n) is 6.17. The number of carbonyl (C=O) groups excluding carboxylic acids is 1. The molecule has 10 heteroatoms. The molecule has 0 aliphatic carbocycles. The molecular formula is C27H21Cl2N3O3S2. The summed E-state index contributed by atoms with van der Waals surface area (Å²) < 4.78 is 0. The zero-order chi connectivity index (χ0) is 26.1. The van der Waals surface area contributed by atoms with Crippen LogP contribution in [0.15, 0.2) is 65.6 Å². The summed E-state index contributed by atoms with van der Waals surface area (Å²) in [5.41, 5.74) is 6.04. The van der Waals surface area contributed by atoms with Gasteiger partial charge < -0.3 is 15.3 Å². The van der Waals surface area contributed by atoms with Gasteiger partial charge in [0.25, 0.3) is 5.91 Å². The summed E-state index contributed by atoms with van der Waals surface area (Å²) in [7, 11) is 1.99. The van der Waals surface area contributed by atoms with Crippen molar-refractivity contribution in [3.63, 3.8) is 0 Å². The number of thiazole rings is 1. The van der Waals surface area contributed by atoms with Crippen LogP contribution in [0.3, 0.4) is 0 Å². The Morgan fingerprint density at radius 2 is 1.92 bits per heavy atom. The first kappa shape index (κ1) is 25.5. The molecule has 4 aromatic rings. The number of hydrogen-bond donors (Lipinski definition) is 2. The molecule has 1 aliphatic heterocycles. The minimum Gasteiger partial charge on any atom is -0.477 e. The number of benzene rings is 2. The van der Waals surface area contributed by atoms with Crippen molar-refractivity contribution in [2.75, 3.05) is 18.9 Å². The summed E-state index contributed by atoms with van der Waals surface area (Å²) in [6.45, 7) is 0.789. The molecule has 0 spiro atoms. The van der Waals surface area contributed by atoms with E-state index in [9.17, 15) is 14.7 Å². The average molecular weight is 571 g/mol. The molecule has 3 heterocycles. The van der Waals surface area contributed by atoms with E-state index in [1.54, 1.807) is 35.2 Å². The van der Waals surface area contributed by atoms with Gasteiger partial charge >= 0.3 is 5.97 Å². The molecule has 2 aromatic carbocycles. The van der Waals surface area contributed by atoms with Crippen molar-refractivity contribution >= 4 is 69.0 Å². The number of anilines is 1. The fourth-order valence-electron chi connectivity index (χ4n) is 4.40. The average Bonchev–Trinajstić information content (AvgIpc) is 3.56. The first-order chi connectivity index (χ1) is 17.8. The van der Waals surface area contributed by atoms with E-state index in [1.165, 1.54) is 22.7 Å². The standard InChI is InChI=1S/C27H21Cl2N3O3S2/c1-32-9-8-18(21(12-32)19-7-4-16(28)10-22(19)29)20-11-24(37-25(20)27(34)35)15-2-5-17(6-3-15)31-26(33)23-13-36-14-30-23/h2-7,10-14,18H,8-9H2,1H3,(H,31,33)(H,34,35). The number of nitrogens with zero attached hydrogens (tertiary/aromatic N) is 2. The van der Waals surface area contributed by atoms with Crippen molar-refractivity contribution < 1.29 is 14.7 Å². The van der Waals surface area contributed by atoms with E-state index in [2.05, 4.69) is 15.2 Å². The van der Waals surface area contributed by atoms with Gasteiger partial charge in [0.05, 0.1) is 5.51 Å². The number of carboxylic acid groups (broad SMARTS) is 1. The van der Waals surface area contributed by atoms with E-state index < -0.39 is 5.97 Å². The van der Waals surface area contributed by atoms with Crippen LogP contribution in [0.1, 0.15) is 43.6 Å². The van der Waals surface area contributed by atoms with Gasteiger partial charge in [0.2, 0.25) is 0 Å².